The minimum atomic E-state index is -0.290. The second kappa shape index (κ2) is 15.0. The van der Waals surface area contributed by atoms with Crippen molar-refractivity contribution in [3.8, 4) is 11.1 Å². The van der Waals surface area contributed by atoms with E-state index in [1.54, 1.807) is 0 Å². The van der Waals surface area contributed by atoms with Gasteiger partial charge in [-0.1, -0.05) is 109 Å². The van der Waals surface area contributed by atoms with E-state index >= 15 is 0 Å². The number of aliphatic imine (C=N–C) groups is 2. The average molecular weight is 881 g/mol. The van der Waals surface area contributed by atoms with E-state index in [1.165, 1.54) is 128 Å². The Balaban J connectivity index is 0.861. The van der Waals surface area contributed by atoms with Crippen LogP contribution in [0, 0.1) is 47.3 Å². The van der Waals surface area contributed by atoms with Crippen LogP contribution < -0.4 is 0 Å². The highest BCUT2D eigenvalue weighted by atomic mass is 16.2. The van der Waals surface area contributed by atoms with Crippen LogP contribution in [-0.4, -0.2) is 34.6 Å². The van der Waals surface area contributed by atoms with Crippen molar-refractivity contribution in [1.82, 2.24) is 0 Å². The number of carbonyl (C=O) groups excluding carboxylic acids is 4. The Hall–Kier alpha value is -4.06. The standard InChI is InChI=1S/C60H68N2O4/c63-54-42-24-34-14-4-5-15-35(34)25-43(42)55(64)52(54)61-50-30-38-28-48-40(32-46(38)59(50)20-10-2-11-21-59)41-33-47-39(29-49(41)58(48)18-8-1-9-19-58)31-51(60(47)22-12-3-13-23-60)62-53-56(65)44-26-36-16-6-7-17-37(36)27-45(44)57(53)66/h28-37,42-45H,1-27H2. The molecule has 2 aromatic carbocycles. The Morgan fingerprint density at radius 3 is 1.02 bits per heavy atom. The zero-order valence-corrected chi connectivity index (χ0v) is 39.2. The lowest BCUT2D eigenvalue weighted by atomic mass is 9.64. The summed E-state index contributed by atoms with van der Waals surface area (Å²) in [6.07, 6.45) is 34.8. The molecule has 0 aliphatic heterocycles. The van der Waals surface area contributed by atoms with Gasteiger partial charge in [-0.05, 0) is 169 Å². The molecule has 0 radical (unpaired) electrons. The SMILES string of the molecule is O=C1C(=NC2=Cc3cc4c(cc3C23CCCCC3)-c2cc3c(cc2C42CCCCC2)C=C(N=C2C(=O)C4CC5CCCCC5CC4C2=O)C32CCCCC2)C(=O)C2CC3CCCCC3CC12. The largest absolute Gasteiger partial charge is 0.292 e. The molecule has 8 unspecified atom stereocenters. The van der Waals surface area contributed by atoms with Gasteiger partial charge in [-0.2, -0.15) is 0 Å². The van der Waals surface area contributed by atoms with Gasteiger partial charge in [-0.25, -0.2) is 9.98 Å². The smallest absolute Gasteiger partial charge is 0.188 e. The summed E-state index contributed by atoms with van der Waals surface area (Å²) in [5, 5.41) is 0. The van der Waals surface area contributed by atoms with E-state index in [0.29, 0.717) is 23.7 Å². The van der Waals surface area contributed by atoms with Crippen LogP contribution in [0.1, 0.15) is 207 Å². The molecule has 0 N–H and O–H groups in total. The fraction of sp³-hybridized carbons (Fsp3) is 0.633. The molecular weight excluding hydrogens is 813 g/mol. The van der Waals surface area contributed by atoms with Crippen molar-refractivity contribution in [3.05, 3.63) is 69.0 Å². The minimum Gasteiger partial charge on any atom is -0.292 e. The van der Waals surface area contributed by atoms with Crippen LogP contribution in [0.4, 0.5) is 0 Å². The number of Topliss-reactive ketones (excluding diaryl/α,β-unsaturated/α-hetero) is 4. The lowest BCUT2D eigenvalue weighted by Gasteiger charge is -2.39. The molecule has 0 aromatic heterocycles. The topological polar surface area (TPSA) is 93.0 Å². The summed E-state index contributed by atoms with van der Waals surface area (Å²) in [6, 6.07) is 10.2. The van der Waals surface area contributed by atoms with Gasteiger partial charge in [0.05, 0.1) is 11.4 Å². The van der Waals surface area contributed by atoms with Gasteiger partial charge in [0.25, 0.3) is 0 Å². The van der Waals surface area contributed by atoms with Crippen LogP contribution in [0.2, 0.25) is 0 Å². The molecule has 6 nitrogen and oxygen atoms in total. The van der Waals surface area contributed by atoms with Gasteiger partial charge in [-0.3, -0.25) is 19.2 Å². The molecule has 3 spiro atoms. The summed E-state index contributed by atoms with van der Waals surface area (Å²) in [4.78, 5) is 67.9. The maximum atomic E-state index is 14.3. The fourth-order valence-electron chi connectivity index (χ4n) is 18.2. The molecule has 0 bridgehead atoms. The van der Waals surface area contributed by atoms with E-state index in [0.717, 1.165) is 101 Å². The van der Waals surface area contributed by atoms with E-state index in [9.17, 15) is 19.2 Å². The maximum Gasteiger partial charge on any atom is 0.188 e. The highest BCUT2D eigenvalue weighted by molar-refractivity contribution is 6.71. The molecule has 2 aromatic rings. The van der Waals surface area contributed by atoms with Gasteiger partial charge in [0, 0.05) is 39.9 Å². The first-order chi connectivity index (χ1) is 32.3. The van der Waals surface area contributed by atoms with Crippen LogP contribution in [-0.2, 0) is 35.4 Å². The second-order valence-electron chi connectivity index (χ2n) is 24.3. The fourth-order valence-corrected chi connectivity index (χ4v) is 18.2. The summed E-state index contributed by atoms with van der Waals surface area (Å²) in [5.41, 5.74) is 12.7. The lowest BCUT2D eigenvalue weighted by Crippen LogP contribution is -2.35. The summed E-state index contributed by atoms with van der Waals surface area (Å²) in [6.45, 7) is 0. The van der Waals surface area contributed by atoms with Crippen molar-refractivity contribution < 1.29 is 19.2 Å². The molecule has 0 heterocycles. The lowest BCUT2D eigenvalue weighted by molar-refractivity contribution is -0.123. The Morgan fingerprint density at radius 2 is 0.682 bits per heavy atom. The second-order valence-corrected chi connectivity index (χ2v) is 24.3. The Morgan fingerprint density at radius 1 is 0.364 bits per heavy atom. The third-order valence-electron chi connectivity index (χ3n) is 21.5. The third kappa shape index (κ3) is 5.65. The Kier molecular flexibility index (Phi) is 9.29. The third-order valence-corrected chi connectivity index (χ3v) is 21.5. The van der Waals surface area contributed by atoms with E-state index in [4.69, 9.17) is 9.98 Å². The monoisotopic (exact) mass is 881 g/mol. The van der Waals surface area contributed by atoms with Crippen molar-refractivity contribution in [2.45, 2.75) is 190 Å². The summed E-state index contributed by atoms with van der Waals surface area (Å²) in [5.74, 6) is 1.83. The number of ketones is 4. The molecule has 66 heavy (non-hydrogen) atoms. The van der Waals surface area contributed by atoms with Gasteiger partial charge >= 0.3 is 0 Å². The van der Waals surface area contributed by atoms with Crippen molar-refractivity contribution in [3.63, 3.8) is 0 Å². The van der Waals surface area contributed by atoms with E-state index in [-0.39, 0.29) is 74.5 Å². The number of allylic oxidation sites excluding steroid dienone is 2. The van der Waals surface area contributed by atoms with Crippen molar-refractivity contribution in [2.75, 3.05) is 0 Å². The highest BCUT2D eigenvalue weighted by Crippen LogP contribution is 2.63. The van der Waals surface area contributed by atoms with Gasteiger partial charge < -0.3 is 0 Å². The number of hydrogen-bond acceptors (Lipinski definition) is 6. The average Bonchev–Trinajstić information content (AvgIpc) is 4.03. The summed E-state index contributed by atoms with van der Waals surface area (Å²) in [7, 11) is 0. The van der Waals surface area contributed by atoms with Crippen LogP contribution in [0.25, 0.3) is 23.3 Å². The van der Waals surface area contributed by atoms with Crippen LogP contribution in [0.5, 0.6) is 0 Å². The van der Waals surface area contributed by atoms with Gasteiger partial charge in [-0.15, -0.1) is 0 Å². The minimum absolute atomic E-state index is 0.0377. The first-order valence-corrected chi connectivity index (χ1v) is 27.4. The van der Waals surface area contributed by atoms with Gasteiger partial charge in [0.15, 0.2) is 23.1 Å². The first-order valence-electron chi connectivity index (χ1n) is 27.4. The van der Waals surface area contributed by atoms with Gasteiger partial charge in [0.2, 0.25) is 0 Å². The molecule has 342 valence electrons. The number of rotatable bonds is 2. The van der Waals surface area contributed by atoms with Crippen LogP contribution in [0.15, 0.2) is 45.6 Å². The Labute approximate surface area is 391 Å². The molecule has 12 aliphatic rings. The van der Waals surface area contributed by atoms with Crippen molar-refractivity contribution in [1.29, 1.82) is 0 Å². The van der Waals surface area contributed by atoms with Gasteiger partial charge in [0.1, 0.15) is 11.4 Å². The van der Waals surface area contributed by atoms with E-state index in [2.05, 4.69) is 36.4 Å². The number of nitrogens with zero attached hydrogens (tertiary/aromatic N) is 2. The van der Waals surface area contributed by atoms with E-state index in [1.807, 2.05) is 0 Å². The molecule has 9 saturated carbocycles. The Bertz CT molecular complexity index is 2400. The number of benzene rings is 2. The number of carbonyl (C=O) groups is 4. The predicted molar refractivity (Wildman–Crippen MR) is 259 cm³/mol. The predicted octanol–water partition coefficient (Wildman–Crippen LogP) is 12.9. The molecule has 6 heteroatoms. The van der Waals surface area contributed by atoms with Crippen molar-refractivity contribution >= 4 is 46.7 Å². The quantitative estimate of drug-likeness (QED) is 0.300. The number of hydrogen-bond donors (Lipinski definition) is 0. The van der Waals surface area contributed by atoms with Crippen LogP contribution in [0.3, 0.4) is 0 Å². The number of fused-ring (bicyclic) bond motifs is 13. The summed E-state index contributed by atoms with van der Waals surface area (Å²) >= 11 is 0. The zero-order valence-electron chi connectivity index (χ0n) is 39.2. The maximum absolute atomic E-state index is 14.3. The highest BCUT2D eigenvalue weighted by Gasteiger charge is 2.56. The molecule has 8 atom stereocenters. The first kappa shape index (κ1) is 41.0. The molecule has 14 rings (SSSR count). The van der Waals surface area contributed by atoms with E-state index < -0.39 is 0 Å². The molecule has 0 saturated heterocycles. The molecule has 9 fully saturated rings. The molecule has 0 amide bonds. The zero-order chi connectivity index (χ0) is 44.1. The van der Waals surface area contributed by atoms with Crippen LogP contribution >= 0.6 is 0 Å². The molecular formula is C60H68N2O4. The normalized spacial score (nSPS) is 35.2. The molecule has 12 aliphatic carbocycles. The summed E-state index contributed by atoms with van der Waals surface area (Å²) < 4.78 is 0. The van der Waals surface area contributed by atoms with Crippen molar-refractivity contribution in [2.24, 2.45) is 57.3 Å².